The zero-order valence-electron chi connectivity index (χ0n) is 18.0. The molecule has 0 aliphatic heterocycles. The third-order valence-corrected chi connectivity index (χ3v) is 6.68. The van der Waals surface area contributed by atoms with Gasteiger partial charge in [-0.3, -0.25) is 0 Å². The highest BCUT2D eigenvalue weighted by Crippen LogP contribution is 2.42. The predicted molar refractivity (Wildman–Crippen MR) is 140 cm³/mol. The second-order valence-electron chi connectivity index (χ2n) is 8.52. The van der Waals surface area contributed by atoms with Gasteiger partial charge in [-0.25, -0.2) is 0 Å². The fourth-order valence-electron chi connectivity index (χ4n) is 5.19. The van der Waals surface area contributed by atoms with E-state index in [2.05, 4.69) is 109 Å². The van der Waals surface area contributed by atoms with Gasteiger partial charge in [0.05, 0.1) is 0 Å². The first-order chi connectivity index (χ1) is 16.4. The van der Waals surface area contributed by atoms with Gasteiger partial charge < -0.3 is 4.42 Å². The molecule has 0 N–H and O–H groups in total. The van der Waals surface area contributed by atoms with Crippen LogP contribution in [0.3, 0.4) is 0 Å². The van der Waals surface area contributed by atoms with E-state index in [-0.39, 0.29) is 0 Å². The Bertz CT molecular complexity index is 1820. The number of hydrogen-bond acceptors (Lipinski definition) is 1. The van der Waals surface area contributed by atoms with Crippen LogP contribution in [0.15, 0.2) is 126 Å². The minimum absolute atomic E-state index is 0.925. The van der Waals surface area contributed by atoms with Gasteiger partial charge in [0.15, 0.2) is 0 Å². The fourth-order valence-corrected chi connectivity index (χ4v) is 5.19. The van der Waals surface area contributed by atoms with Gasteiger partial charge in [0.1, 0.15) is 11.2 Å². The van der Waals surface area contributed by atoms with Crippen molar-refractivity contribution in [2.24, 2.45) is 0 Å². The molecule has 0 aliphatic carbocycles. The highest BCUT2D eigenvalue weighted by Gasteiger charge is 2.16. The maximum absolute atomic E-state index is 6.39. The van der Waals surface area contributed by atoms with E-state index in [1.165, 1.54) is 38.2 Å². The lowest BCUT2D eigenvalue weighted by molar-refractivity contribution is 0.670. The maximum atomic E-state index is 6.39. The molecule has 6 aromatic carbocycles. The van der Waals surface area contributed by atoms with Crippen LogP contribution in [0.1, 0.15) is 0 Å². The van der Waals surface area contributed by atoms with E-state index in [0.29, 0.717) is 0 Å². The SMILES string of the molecule is c1ccc(-c2cccc3c2oc2ccccc23)c(-c2cc3ccccc3c3ccccc23)c1. The summed E-state index contributed by atoms with van der Waals surface area (Å²) < 4.78 is 6.39. The summed E-state index contributed by atoms with van der Waals surface area (Å²) in [4.78, 5) is 0. The smallest absolute Gasteiger partial charge is 0.143 e. The zero-order valence-corrected chi connectivity index (χ0v) is 18.0. The van der Waals surface area contributed by atoms with Gasteiger partial charge in [-0.2, -0.15) is 0 Å². The first-order valence-electron chi connectivity index (χ1n) is 11.3. The van der Waals surface area contributed by atoms with Gasteiger partial charge in [-0.05, 0) is 50.4 Å². The number of furan rings is 1. The summed E-state index contributed by atoms with van der Waals surface area (Å²) in [6.07, 6.45) is 0. The molecule has 1 heterocycles. The first kappa shape index (κ1) is 18.2. The number of para-hydroxylation sites is 2. The number of fused-ring (bicyclic) bond motifs is 6. The molecular formula is C32H20O. The minimum Gasteiger partial charge on any atom is -0.455 e. The van der Waals surface area contributed by atoms with Crippen molar-refractivity contribution in [1.29, 1.82) is 0 Å². The second-order valence-corrected chi connectivity index (χ2v) is 8.52. The fraction of sp³-hybridized carbons (Fsp3) is 0. The van der Waals surface area contributed by atoms with Gasteiger partial charge in [0.25, 0.3) is 0 Å². The molecule has 0 saturated heterocycles. The summed E-state index contributed by atoms with van der Waals surface area (Å²) in [5, 5.41) is 7.39. The Hall–Kier alpha value is -4.36. The molecule has 154 valence electrons. The summed E-state index contributed by atoms with van der Waals surface area (Å²) in [6, 6.07) is 43.1. The molecule has 0 fully saturated rings. The van der Waals surface area contributed by atoms with E-state index < -0.39 is 0 Å². The van der Waals surface area contributed by atoms with Crippen molar-refractivity contribution in [1.82, 2.24) is 0 Å². The van der Waals surface area contributed by atoms with Gasteiger partial charge >= 0.3 is 0 Å². The monoisotopic (exact) mass is 420 g/mol. The lowest BCUT2D eigenvalue weighted by Crippen LogP contribution is -1.88. The number of benzene rings is 6. The van der Waals surface area contributed by atoms with Crippen molar-refractivity contribution in [3.8, 4) is 22.3 Å². The quantitative estimate of drug-likeness (QED) is 0.254. The van der Waals surface area contributed by atoms with Crippen LogP contribution < -0.4 is 0 Å². The third kappa shape index (κ3) is 2.73. The molecule has 0 bridgehead atoms. The molecule has 7 aromatic rings. The Kier molecular flexibility index (Phi) is 3.91. The molecule has 33 heavy (non-hydrogen) atoms. The highest BCUT2D eigenvalue weighted by atomic mass is 16.3. The van der Waals surface area contributed by atoms with Crippen LogP contribution in [0.2, 0.25) is 0 Å². The van der Waals surface area contributed by atoms with Crippen LogP contribution in [-0.4, -0.2) is 0 Å². The first-order valence-corrected chi connectivity index (χ1v) is 11.3. The molecule has 0 unspecified atom stereocenters. The summed E-state index contributed by atoms with van der Waals surface area (Å²) in [6.45, 7) is 0. The molecule has 1 heteroatoms. The van der Waals surface area contributed by atoms with Crippen LogP contribution in [-0.2, 0) is 0 Å². The Morgan fingerprint density at radius 1 is 0.364 bits per heavy atom. The summed E-state index contributed by atoms with van der Waals surface area (Å²) in [7, 11) is 0. The molecule has 0 saturated carbocycles. The van der Waals surface area contributed by atoms with Crippen LogP contribution in [0.4, 0.5) is 0 Å². The van der Waals surface area contributed by atoms with Gasteiger partial charge in [-0.1, -0.05) is 109 Å². The molecule has 0 radical (unpaired) electrons. The Morgan fingerprint density at radius 2 is 0.939 bits per heavy atom. The normalized spacial score (nSPS) is 11.6. The largest absolute Gasteiger partial charge is 0.455 e. The molecule has 1 aromatic heterocycles. The molecule has 0 aliphatic rings. The van der Waals surface area contributed by atoms with E-state index >= 15 is 0 Å². The van der Waals surface area contributed by atoms with E-state index in [1.54, 1.807) is 0 Å². The summed E-state index contributed by atoms with van der Waals surface area (Å²) >= 11 is 0. The lowest BCUT2D eigenvalue weighted by Gasteiger charge is -2.15. The number of hydrogen-bond donors (Lipinski definition) is 0. The van der Waals surface area contributed by atoms with Crippen molar-refractivity contribution >= 4 is 43.5 Å². The van der Waals surface area contributed by atoms with Crippen molar-refractivity contribution in [3.05, 3.63) is 121 Å². The van der Waals surface area contributed by atoms with Crippen molar-refractivity contribution in [2.45, 2.75) is 0 Å². The predicted octanol–water partition coefficient (Wildman–Crippen LogP) is 9.23. The van der Waals surface area contributed by atoms with Crippen molar-refractivity contribution in [2.75, 3.05) is 0 Å². The summed E-state index contributed by atoms with van der Waals surface area (Å²) in [5.74, 6) is 0. The van der Waals surface area contributed by atoms with Crippen LogP contribution >= 0.6 is 0 Å². The van der Waals surface area contributed by atoms with Gasteiger partial charge in [-0.15, -0.1) is 0 Å². The second kappa shape index (κ2) is 7.08. The van der Waals surface area contributed by atoms with Gasteiger partial charge in [0.2, 0.25) is 0 Å². The van der Waals surface area contributed by atoms with Crippen molar-refractivity contribution in [3.63, 3.8) is 0 Å². The van der Waals surface area contributed by atoms with Crippen molar-refractivity contribution < 1.29 is 4.42 Å². The van der Waals surface area contributed by atoms with Crippen LogP contribution in [0.5, 0.6) is 0 Å². The average molecular weight is 421 g/mol. The van der Waals surface area contributed by atoms with Crippen LogP contribution in [0, 0.1) is 0 Å². The molecule has 1 nitrogen and oxygen atoms in total. The Balaban J connectivity index is 1.57. The Labute approximate surface area is 191 Å². The third-order valence-electron chi connectivity index (χ3n) is 6.68. The number of rotatable bonds is 2. The van der Waals surface area contributed by atoms with E-state index in [1.807, 2.05) is 12.1 Å². The molecule has 0 amide bonds. The maximum Gasteiger partial charge on any atom is 0.143 e. The standard InChI is InChI=1S/C32H20O/c1-2-11-22-21(10-1)20-30(25-14-5-3-12-23(22)25)26-15-6-4-13-24(26)28-17-9-18-29-27-16-7-8-19-31(27)33-32(28)29/h1-20H. The van der Waals surface area contributed by atoms with E-state index in [9.17, 15) is 0 Å². The molecule has 7 rings (SSSR count). The molecular weight excluding hydrogens is 400 g/mol. The van der Waals surface area contributed by atoms with E-state index in [0.717, 1.165) is 27.5 Å². The molecule has 0 atom stereocenters. The van der Waals surface area contributed by atoms with Gasteiger partial charge in [0, 0.05) is 16.3 Å². The summed E-state index contributed by atoms with van der Waals surface area (Å²) in [5.41, 5.74) is 6.63. The molecule has 0 spiro atoms. The van der Waals surface area contributed by atoms with Crippen LogP contribution in [0.25, 0.3) is 65.7 Å². The lowest BCUT2D eigenvalue weighted by atomic mass is 9.88. The Morgan fingerprint density at radius 3 is 1.79 bits per heavy atom. The van der Waals surface area contributed by atoms with E-state index in [4.69, 9.17) is 4.42 Å². The highest BCUT2D eigenvalue weighted by molar-refractivity contribution is 6.16. The average Bonchev–Trinajstić information content (AvgIpc) is 3.27. The topological polar surface area (TPSA) is 13.1 Å². The minimum atomic E-state index is 0.925. The zero-order chi connectivity index (χ0) is 21.8.